The molecule has 1 unspecified atom stereocenters. The standard InChI is InChI=1S/C6H13N3O3/c1-2-9(12,6(10)11)8-4-3-7-5-8/h7H,2-5H2,1H3,(H,10,11). The van der Waals surface area contributed by atoms with Crippen molar-refractivity contribution in [1.82, 2.24) is 10.3 Å². The molecule has 1 heterocycles. The molecule has 1 amide bonds. The third-order valence-corrected chi connectivity index (χ3v) is 2.03. The first kappa shape index (κ1) is 9.40. The highest BCUT2D eigenvalue weighted by molar-refractivity contribution is 5.56. The van der Waals surface area contributed by atoms with Crippen LogP contribution in [0.4, 0.5) is 4.79 Å². The van der Waals surface area contributed by atoms with E-state index >= 15 is 0 Å². The van der Waals surface area contributed by atoms with E-state index < -0.39 is 10.8 Å². The predicted octanol–water partition coefficient (Wildman–Crippen LogP) is -0.223. The Morgan fingerprint density at radius 1 is 1.83 bits per heavy atom. The van der Waals surface area contributed by atoms with Crippen LogP contribution in [0.1, 0.15) is 6.92 Å². The molecule has 0 aliphatic carbocycles. The van der Waals surface area contributed by atoms with Crippen molar-refractivity contribution in [2.45, 2.75) is 6.92 Å². The number of carboxylic acid groups (broad SMARTS) is 1. The highest BCUT2D eigenvalue weighted by Crippen LogP contribution is 2.12. The number of hydrogen-bond donors (Lipinski definition) is 2. The quantitative estimate of drug-likeness (QED) is 0.448. The van der Waals surface area contributed by atoms with Gasteiger partial charge in [-0.3, -0.25) is 5.32 Å². The van der Waals surface area contributed by atoms with Gasteiger partial charge < -0.3 is 10.3 Å². The van der Waals surface area contributed by atoms with Crippen LogP contribution < -0.4 is 5.32 Å². The van der Waals surface area contributed by atoms with Gasteiger partial charge in [-0.05, 0) is 6.92 Å². The van der Waals surface area contributed by atoms with E-state index in [0.717, 1.165) is 0 Å². The minimum Gasteiger partial charge on any atom is -0.601 e. The summed E-state index contributed by atoms with van der Waals surface area (Å²) in [6, 6.07) is 0. The maximum atomic E-state index is 11.6. The van der Waals surface area contributed by atoms with Crippen LogP contribution in [-0.2, 0) is 0 Å². The Labute approximate surface area is 70.5 Å². The molecule has 70 valence electrons. The summed E-state index contributed by atoms with van der Waals surface area (Å²) >= 11 is 0. The van der Waals surface area contributed by atoms with E-state index in [1.54, 1.807) is 6.92 Å². The number of carbonyl (C=O) groups is 1. The summed E-state index contributed by atoms with van der Waals surface area (Å²) in [4.78, 5) is 10.6. The lowest BCUT2D eigenvalue weighted by atomic mass is 10.6. The molecule has 2 N–H and O–H groups in total. The normalized spacial score (nSPS) is 23.8. The zero-order valence-corrected chi connectivity index (χ0v) is 6.99. The first-order valence-corrected chi connectivity index (χ1v) is 3.90. The first-order valence-electron chi connectivity index (χ1n) is 3.90. The van der Waals surface area contributed by atoms with Crippen LogP contribution in [0.25, 0.3) is 0 Å². The molecule has 1 saturated heterocycles. The Morgan fingerprint density at radius 2 is 2.50 bits per heavy atom. The minimum atomic E-state index is -1.35. The van der Waals surface area contributed by atoms with Gasteiger partial charge in [0.05, 0.1) is 13.2 Å². The second-order valence-electron chi connectivity index (χ2n) is 2.69. The number of nitrogens with one attached hydrogen (secondary N) is 1. The Balaban J connectivity index is 2.70. The van der Waals surface area contributed by atoms with Crippen LogP contribution in [0.2, 0.25) is 0 Å². The van der Waals surface area contributed by atoms with Crippen molar-refractivity contribution in [3.8, 4) is 0 Å². The third-order valence-electron chi connectivity index (χ3n) is 2.03. The second-order valence-corrected chi connectivity index (χ2v) is 2.69. The van der Waals surface area contributed by atoms with Crippen LogP contribution in [0.15, 0.2) is 0 Å². The number of hydrogen-bond acceptors (Lipinski definition) is 4. The van der Waals surface area contributed by atoms with Crippen molar-refractivity contribution in [2.24, 2.45) is 0 Å². The molecule has 1 fully saturated rings. The molecule has 1 atom stereocenters. The summed E-state index contributed by atoms with van der Waals surface area (Å²) in [6.45, 7) is 3.11. The van der Waals surface area contributed by atoms with Crippen LogP contribution in [0.5, 0.6) is 0 Å². The Kier molecular flexibility index (Phi) is 2.63. The second kappa shape index (κ2) is 3.36. The summed E-state index contributed by atoms with van der Waals surface area (Å²) in [5.41, 5.74) is 0. The molecule has 6 heteroatoms. The summed E-state index contributed by atoms with van der Waals surface area (Å²) in [5, 5.41) is 24.5. The molecule has 6 nitrogen and oxygen atoms in total. The molecule has 0 aromatic heterocycles. The van der Waals surface area contributed by atoms with Gasteiger partial charge in [-0.15, -0.1) is 5.01 Å². The fraction of sp³-hybridized carbons (Fsp3) is 0.833. The van der Waals surface area contributed by atoms with Gasteiger partial charge in [-0.1, -0.05) is 0 Å². The summed E-state index contributed by atoms with van der Waals surface area (Å²) in [5.74, 6) is 0. The average molecular weight is 175 g/mol. The van der Waals surface area contributed by atoms with E-state index in [1.165, 1.54) is 5.01 Å². The van der Waals surface area contributed by atoms with Crippen molar-refractivity contribution in [2.75, 3.05) is 26.3 Å². The predicted molar refractivity (Wildman–Crippen MR) is 41.8 cm³/mol. The molecule has 1 aliphatic heterocycles. The molecule has 0 saturated carbocycles. The molecule has 1 aliphatic rings. The van der Waals surface area contributed by atoms with Crippen LogP contribution >= 0.6 is 0 Å². The summed E-state index contributed by atoms with van der Waals surface area (Å²) < 4.78 is -1.27. The molecule has 0 bridgehead atoms. The fourth-order valence-corrected chi connectivity index (χ4v) is 1.23. The highest BCUT2D eigenvalue weighted by Gasteiger charge is 2.35. The average Bonchev–Trinajstić information content (AvgIpc) is 2.54. The molecular weight excluding hydrogens is 162 g/mol. The maximum Gasteiger partial charge on any atom is 0.534 e. The highest BCUT2D eigenvalue weighted by atomic mass is 16.7. The number of nitrogens with zero attached hydrogens (tertiary/aromatic N) is 2. The van der Waals surface area contributed by atoms with Gasteiger partial charge in [-0.25, -0.2) is 0 Å². The number of hydroxylamine groups is 2. The first-order chi connectivity index (χ1) is 5.61. The van der Waals surface area contributed by atoms with E-state index in [9.17, 15) is 10.0 Å². The maximum absolute atomic E-state index is 11.6. The molecule has 0 radical (unpaired) electrons. The molecular formula is C6H13N3O3. The Hall–Kier alpha value is -0.690. The van der Waals surface area contributed by atoms with E-state index in [0.29, 0.717) is 19.8 Å². The third kappa shape index (κ3) is 1.42. The van der Waals surface area contributed by atoms with Crippen molar-refractivity contribution in [3.63, 3.8) is 0 Å². The van der Waals surface area contributed by atoms with E-state index in [2.05, 4.69) is 5.32 Å². The topological polar surface area (TPSA) is 75.6 Å². The Bertz CT molecular complexity index is 181. The summed E-state index contributed by atoms with van der Waals surface area (Å²) in [7, 11) is 0. The van der Waals surface area contributed by atoms with Crippen molar-refractivity contribution < 1.29 is 14.7 Å². The Morgan fingerprint density at radius 3 is 2.83 bits per heavy atom. The monoisotopic (exact) mass is 175 g/mol. The largest absolute Gasteiger partial charge is 0.601 e. The zero-order chi connectivity index (χ0) is 9.19. The molecule has 12 heavy (non-hydrogen) atoms. The number of rotatable bonds is 2. The van der Waals surface area contributed by atoms with Gasteiger partial charge >= 0.3 is 6.09 Å². The van der Waals surface area contributed by atoms with Crippen LogP contribution in [0.3, 0.4) is 0 Å². The minimum absolute atomic E-state index is 0.0248. The van der Waals surface area contributed by atoms with Crippen LogP contribution in [0, 0.1) is 5.21 Å². The molecule has 0 aromatic rings. The zero-order valence-electron chi connectivity index (χ0n) is 6.99. The smallest absolute Gasteiger partial charge is 0.534 e. The lowest BCUT2D eigenvalue weighted by Gasteiger charge is -2.40. The summed E-state index contributed by atoms with van der Waals surface area (Å²) in [6.07, 6.45) is -1.35. The molecule has 1 rings (SSSR count). The van der Waals surface area contributed by atoms with E-state index in [4.69, 9.17) is 5.11 Å². The van der Waals surface area contributed by atoms with Gasteiger partial charge in [0, 0.05) is 6.54 Å². The van der Waals surface area contributed by atoms with Gasteiger partial charge in [0.2, 0.25) is 0 Å². The van der Waals surface area contributed by atoms with Crippen LogP contribution in [-0.4, -0.2) is 47.3 Å². The van der Waals surface area contributed by atoms with Gasteiger partial charge in [0.15, 0.2) is 0 Å². The van der Waals surface area contributed by atoms with Crippen molar-refractivity contribution >= 4 is 6.09 Å². The van der Waals surface area contributed by atoms with Gasteiger partial charge in [0.1, 0.15) is 6.54 Å². The van der Waals surface area contributed by atoms with Crippen molar-refractivity contribution in [1.29, 1.82) is 0 Å². The fourth-order valence-electron chi connectivity index (χ4n) is 1.23. The van der Waals surface area contributed by atoms with E-state index in [1.807, 2.05) is 0 Å². The number of quaternary nitrogens is 1. The molecule has 0 aromatic carbocycles. The number of amides is 1. The SMILES string of the molecule is CC[N+]([O-])(C(=O)O)N1CCNC1. The molecule has 0 spiro atoms. The lowest BCUT2D eigenvalue weighted by molar-refractivity contribution is -0.925. The van der Waals surface area contributed by atoms with Gasteiger partial charge in [-0.2, -0.15) is 9.55 Å². The van der Waals surface area contributed by atoms with E-state index in [-0.39, 0.29) is 6.54 Å². The lowest BCUT2D eigenvalue weighted by Crippen LogP contribution is -2.58. The van der Waals surface area contributed by atoms with Crippen molar-refractivity contribution in [3.05, 3.63) is 5.21 Å². The van der Waals surface area contributed by atoms with Gasteiger partial charge in [0.25, 0.3) is 0 Å².